The predicted molar refractivity (Wildman–Crippen MR) is 77.3 cm³/mol. The van der Waals surface area contributed by atoms with E-state index in [1.807, 2.05) is 0 Å². The first-order valence-corrected chi connectivity index (χ1v) is 6.74. The summed E-state index contributed by atoms with van der Waals surface area (Å²) in [5, 5.41) is 0.403. The van der Waals surface area contributed by atoms with E-state index >= 15 is 0 Å². The lowest BCUT2D eigenvalue weighted by atomic mass is 10.0. The highest BCUT2D eigenvalue weighted by Crippen LogP contribution is 2.24. The number of hydrogen-bond donors (Lipinski definition) is 0. The molecule has 0 fully saturated rings. The van der Waals surface area contributed by atoms with E-state index in [0.717, 1.165) is 0 Å². The van der Waals surface area contributed by atoms with Gasteiger partial charge in [0.2, 0.25) is 0 Å². The van der Waals surface area contributed by atoms with Crippen LogP contribution in [0.5, 0.6) is 0 Å². The van der Waals surface area contributed by atoms with Crippen molar-refractivity contribution >= 4 is 23.5 Å². The van der Waals surface area contributed by atoms with Crippen LogP contribution in [0.15, 0.2) is 12.1 Å². The Kier molecular flexibility index (Phi) is 5.17. The average Bonchev–Trinajstić information content (AvgIpc) is 2.30. The van der Waals surface area contributed by atoms with Gasteiger partial charge in [0.05, 0.1) is 17.7 Å². The van der Waals surface area contributed by atoms with Crippen LogP contribution < -0.4 is 0 Å². The maximum absolute atomic E-state index is 12.2. The van der Waals surface area contributed by atoms with Crippen LogP contribution in [-0.4, -0.2) is 24.1 Å². The van der Waals surface area contributed by atoms with Gasteiger partial charge in [-0.2, -0.15) is 0 Å². The van der Waals surface area contributed by atoms with Gasteiger partial charge in [-0.3, -0.25) is 0 Å². The highest BCUT2D eigenvalue weighted by molar-refractivity contribution is 6.32. The fourth-order valence-electron chi connectivity index (χ4n) is 1.56. The third-order valence-corrected chi connectivity index (χ3v) is 2.82. The number of aryl methyl sites for hydroxylation is 1. The molecule has 5 heteroatoms. The quantitative estimate of drug-likeness (QED) is 0.797. The summed E-state index contributed by atoms with van der Waals surface area (Å²) < 4.78 is 10.2. The van der Waals surface area contributed by atoms with Crippen molar-refractivity contribution in [3.05, 3.63) is 33.8 Å². The lowest BCUT2D eigenvalue weighted by Crippen LogP contribution is -2.25. The molecule has 0 aliphatic carbocycles. The van der Waals surface area contributed by atoms with Crippen molar-refractivity contribution in [3.8, 4) is 0 Å². The van der Waals surface area contributed by atoms with Gasteiger partial charge in [-0.05, 0) is 52.3 Å². The number of hydrogen-bond acceptors (Lipinski definition) is 4. The number of rotatable bonds is 3. The summed E-state index contributed by atoms with van der Waals surface area (Å²) in [6.07, 6.45) is 0. The van der Waals surface area contributed by atoms with Gasteiger partial charge in [0.15, 0.2) is 0 Å². The van der Waals surface area contributed by atoms with Gasteiger partial charge in [0, 0.05) is 5.02 Å². The van der Waals surface area contributed by atoms with E-state index in [1.165, 1.54) is 6.07 Å². The molecule has 0 N–H and O–H groups in total. The van der Waals surface area contributed by atoms with Crippen LogP contribution >= 0.6 is 11.6 Å². The Morgan fingerprint density at radius 3 is 2.20 bits per heavy atom. The largest absolute Gasteiger partial charge is 0.462 e. The summed E-state index contributed by atoms with van der Waals surface area (Å²) >= 11 is 6.01. The molecule has 0 aromatic heterocycles. The van der Waals surface area contributed by atoms with E-state index in [9.17, 15) is 9.59 Å². The molecule has 0 radical (unpaired) electrons. The zero-order chi connectivity index (χ0) is 15.5. The van der Waals surface area contributed by atoms with E-state index in [4.69, 9.17) is 21.1 Å². The van der Waals surface area contributed by atoms with Crippen LogP contribution in [-0.2, 0) is 9.47 Å². The molecule has 0 heterocycles. The van der Waals surface area contributed by atoms with E-state index in [2.05, 4.69) is 0 Å². The van der Waals surface area contributed by atoms with E-state index < -0.39 is 17.5 Å². The van der Waals surface area contributed by atoms with Gasteiger partial charge >= 0.3 is 11.9 Å². The minimum Gasteiger partial charge on any atom is -0.462 e. The number of halogens is 1. The number of carbonyl (C=O) groups excluding carboxylic acids is 2. The third kappa shape index (κ3) is 4.23. The standard InChI is InChI=1S/C15H19ClO4/c1-6-19-13(17)11-8-12(16)9(2)7-10(11)14(18)20-15(3,4)5/h7-8H,6H2,1-5H3. The Labute approximate surface area is 124 Å². The van der Waals surface area contributed by atoms with Gasteiger partial charge in [0.1, 0.15) is 5.60 Å². The molecule has 0 aliphatic rings. The monoisotopic (exact) mass is 298 g/mol. The van der Waals surface area contributed by atoms with Crippen molar-refractivity contribution < 1.29 is 19.1 Å². The molecule has 0 aliphatic heterocycles. The van der Waals surface area contributed by atoms with E-state index in [1.54, 1.807) is 40.7 Å². The molecule has 4 nitrogen and oxygen atoms in total. The SMILES string of the molecule is CCOC(=O)c1cc(Cl)c(C)cc1C(=O)OC(C)(C)C. The average molecular weight is 299 g/mol. The van der Waals surface area contributed by atoms with Gasteiger partial charge < -0.3 is 9.47 Å². The Balaban J connectivity index is 3.26. The van der Waals surface area contributed by atoms with Crippen LogP contribution in [0.3, 0.4) is 0 Å². The second-order valence-electron chi connectivity index (χ2n) is 5.37. The fourth-order valence-corrected chi connectivity index (χ4v) is 1.72. The Morgan fingerprint density at radius 2 is 1.70 bits per heavy atom. The molecule has 0 spiro atoms. The summed E-state index contributed by atoms with van der Waals surface area (Å²) in [6.45, 7) is 8.96. The molecule has 0 amide bonds. The smallest absolute Gasteiger partial charge is 0.339 e. The van der Waals surface area contributed by atoms with Crippen molar-refractivity contribution in [3.63, 3.8) is 0 Å². The normalized spacial score (nSPS) is 11.1. The van der Waals surface area contributed by atoms with Crippen molar-refractivity contribution in [2.75, 3.05) is 6.61 Å². The minimum absolute atomic E-state index is 0.122. The highest BCUT2D eigenvalue weighted by atomic mass is 35.5. The molecule has 0 bridgehead atoms. The maximum atomic E-state index is 12.2. The van der Waals surface area contributed by atoms with Crippen LogP contribution in [0.25, 0.3) is 0 Å². The van der Waals surface area contributed by atoms with Gasteiger partial charge in [0.25, 0.3) is 0 Å². The minimum atomic E-state index is -0.642. The first-order valence-electron chi connectivity index (χ1n) is 6.36. The number of ether oxygens (including phenoxy) is 2. The van der Waals surface area contributed by atoms with Crippen LogP contribution in [0.1, 0.15) is 54.0 Å². The molecule has 0 unspecified atom stereocenters. The van der Waals surface area contributed by atoms with Gasteiger partial charge in [-0.25, -0.2) is 9.59 Å². The number of esters is 2. The molecule has 20 heavy (non-hydrogen) atoms. The Morgan fingerprint density at radius 1 is 1.15 bits per heavy atom. The fraction of sp³-hybridized carbons (Fsp3) is 0.467. The molecule has 1 aromatic carbocycles. The molecule has 0 atom stereocenters. The molecule has 110 valence electrons. The van der Waals surface area contributed by atoms with Gasteiger partial charge in [-0.15, -0.1) is 0 Å². The second kappa shape index (κ2) is 6.27. The van der Waals surface area contributed by atoms with Gasteiger partial charge in [-0.1, -0.05) is 11.6 Å². The summed E-state index contributed by atoms with van der Waals surface area (Å²) in [6, 6.07) is 2.98. The Bertz CT molecular complexity index is 529. The van der Waals surface area contributed by atoms with Crippen molar-refractivity contribution in [1.29, 1.82) is 0 Å². The second-order valence-corrected chi connectivity index (χ2v) is 5.78. The van der Waals surface area contributed by atoms with Crippen molar-refractivity contribution in [1.82, 2.24) is 0 Å². The zero-order valence-corrected chi connectivity index (χ0v) is 13.1. The summed E-state index contributed by atoms with van der Waals surface area (Å²) in [7, 11) is 0. The Hall–Kier alpha value is -1.55. The van der Waals surface area contributed by atoms with E-state index in [0.29, 0.717) is 10.6 Å². The molecule has 1 rings (SSSR count). The zero-order valence-electron chi connectivity index (χ0n) is 12.4. The number of carbonyl (C=O) groups is 2. The van der Waals surface area contributed by atoms with Crippen molar-refractivity contribution in [2.24, 2.45) is 0 Å². The molecular weight excluding hydrogens is 280 g/mol. The lowest BCUT2D eigenvalue weighted by molar-refractivity contribution is 0.00643. The topological polar surface area (TPSA) is 52.6 Å². The van der Waals surface area contributed by atoms with Crippen LogP contribution in [0, 0.1) is 6.92 Å². The first kappa shape index (κ1) is 16.5. The van der Waals surface area contributed by atoms with Crippen LogP contribution in [0.2, 0.25) is 5.02 Å². The maximum Gasteiger partial charge on any atom is 0.339 e. The lowest BCUT2D eigenvalue weighted by Gasteiger charge is -2.20. The molecule has 1 aromatic rings. The summed E-state index contributed by atoms with van der Waals surface area (Å²) in [4.78, 5) is 24.1. The van der Waals surface area contributed by atoms with Crippen LogP contribution in [0.4, 0.5) is 0 Å². The summed E-state index contributed by atoms with van der Waals surface area (Å²) in [5.41, 5.74) is 0.342. The first-order chi connectivity index (χ1) is 9.15. The molecule has 0 saturated heterocycles. The van der Waals surface area contributed by atoms with Crippen molar-refractivity contribution in [2.45, 2.75) is 40.2 Å². The molecule has 0 saturated carbocycles. The molecular formula is C15H19ClO4. The van der Waals surface area contributed by atoms with E-state index in [-0.39, 0.29) is 17.7 Å². The number of benzene rings is 1. The predicted octanol–water partition coefficient (Wildman–Crippen LogP) is 3.78. The highest BCUT2D eigenvalue weighted by Gasteiger charge is 2.24. The summed E-state index contributed by atoms with van der Waals surface area (Å²) in [5.74, 6) is -1.16. The third-order valence-electron chi connectivity index (χ3n) is 2.41.